The second-order valence-electron chi connectivity index (χ2n) is 3.57. The van der Waals surface area contributed by atoms with Crippen LogP contribution in [0.3, 0.4) is 0 Å². The minimum atomic E-state index is -0.540. The first-order valence-corrected chi connectivity index (χ1v) is 5.12. The van der Waals surface area contributed by atoms with Gasteiger partial charge in [0.2, 0.25) is 5.91 Å². The molecule has 1 saturated heterocycles. The van der Waals surface area contributed by atoms with Crippen LogP contribution in [0.4, 0.5) is 4.79 Å². The lowest BCUT2D eigenvalue weighted by atomic mass is 10.1. The molecule has 1 fully saturated rings. The summed E-state index contributed by atoms with van der Waals surface area (Å²) >= 11 is 0. The van der Waals surface area contributed by atoms with Crippen LogP contribution in [0, 0.1) is 0 Å². The molecule has 1 heterocycles. The minimum absolute atomic E-state index is 0.283. The Balaban J connectivity index is 2.60. The number of amides is 3. The van der Waals surface area contributed by atoms with E-state index in [1.54, 1.807) is 6.08 Å². The van der Waals surface area contributed by atoms with Crippen molar-refractivity contribution in [2.45, 2.75) is 25.3 Å². The van der Waals surface area contributed by atoms with Crippen molar-refractivity contribution in [1.29, 1.82) is 0 Å². The average Bonchev–Trinajstić information content (AvgIpc) is 2.39. The third-order valence-corrected chi connectivity index (χ3v) is 2.37. The summed E-state index contributed by atoms with van der Waals surface area (Å²) in [6.07, 6.45) is 3.93. The van der Waals surface area contributed by atoms with Gasteiger partial charge in [0.25, 0.3) is 0 Å². The Morgan fingerprint density at radius 3 is 3.07 bits per heavy atom. The maximum absolute atomic E-state index is 11.7. The van der Waals surface area contributed by atoms with Gasteiger partial charge < -0.3 is 11.1 Å². The molecule has 3 amide bonds. The number of hydrogen-bond donors (Lipinski definition) is 2. The van der Waals surface area contributed by atoms with E-state index in [4.69, 9.17) is 5.73 Å². The van der Waals surface area contributed by atoms with E-state index < -0.39 is 6.04 Å². The molecular weight excluding hydrogens is 194 g/mol. The van der Waals surface area contributed by atoms with Crippen molar-refractivity contribution in [2.24, 2.45) is 5.73 Å². The quantitative estimate of drug-likeness (QED) is 0.642. The van der Waals surface area contributed by atoms with Gasteiger partial charge in [-0.25, -0.2) is 4.79 Å². The standard InChI is InChI=1S/C10H17N3O2/c1-2-6-12-10(15)13-7-4-3-5-8(11)9(13)14/h2,8H,1,3-7,11H2,(H,12,15)/t8-/m1/s1. The highest BCUT2D eigenvalue weighted by atomic mass is 16.2. The van der Waals surface area contributed by atoms with Crippen LogP contribution >= 0.6 is 0 Å². The molecule has 3 N–H and O–H groups in total. The highest BCUT2D eigenvalue weighted by Gasteiger charge is 2.27. The molecule has 84 valence electrons. The maximum Gasteiger partial charge on any atom is 0.324 e. The smallest absolute Gasteiger partial charge is 0.324 e. The number of carbonyl (C=O) groups excluding carboxylic acids is 2. The lowest BCUT2D eigenvalue weighted by Gasteiger charge is -2.20. The molecule has 0 aromatic carbocycles. The van der Waals surface area contributed by atoms with Gasteiger partial charge in [-0.05, 0) is 19.3 Å². The molecule has 5 nitrogen and oxygen atoms in total. The van der Waals surface area contributed by atoms with Crippen LogP contribution in [-0.2, 0) is 4.79 Å². The minimum Gasteiger partial charge on any atom is -0.334 e. The number of likely N-dealkylation sites (tertiary alicyclic amines) is 1. The molecule has 0 radical (unpaired) electrons. The Morgan fingerprint density at radius 2 is 2.40 bits per heavy atom. The van der Waals surface area contributed by atoms with Crippen LogP contribution in [-0.4, -0.2) is 36.0 Å². The number of hydrogen-bond acceptors (Lipinski definition) is 3. The van der Waals surface area contributed by atoms with E-state index in [9.17, 15) is 9.59 Å². The van der Waals surface area contributed by atoms with E-state index in [1.807, 2.05) is 0 Å². The molecular formula is C10H17N3O2. The Bertz CT molecular complexity index is 265. The molecule has 1 atom stereocenters. The maximum atomic E-state index is 11.7. The summed E-state index contributed by atoms with van der Waals surface area (Å²) < 4.78 is 0. The van der Waals surface area contributed by atoms with Gasteiger partial charge in [-0.1, -0.05) is 6.08 Å². The largest absolute Gasteiger partial charge is 0.334 e. The predicted molar refractivity (Wildman–Crippen MR) is 57.1 cm³/mol. The lowest BCUT2D eigenvalue weighted by Crippen LogP contribution is -2.49. The van der Waals surface area contributed by atoms with Gasteiger partial charge >= 0.3 is 6.03 Å². The van der Waals surface area contributed by atoms with E-state index >= 15 is 0 Å². The molecule has 0 aromatic heterocycles. The van der Waals surface area contributed by atoms with Gasteiger partial charge in [0, 0.05) is 13.1 Å². The van der Waals surface area contributed by atoms with Crippen molar-refractivity contribution >= 4 is 11.9 Å². The summed E-state index contributed by atoms with van der Waals surface area (Å²) in [5.74, 6) is -0.283. The number of nitrogens with zero attached hydrogens (tertiary/aromatic N) is 1. The molecule has 15 heavy (non-hydrogen) atoms. The summed E-state index contributed by atoms with van der Waals surface area (Å²) in [5.41, 5.74) is 5.64. The van der Waals surface area contributed by atoms with Crippen molar-refractivity contribution in [3.05, 3.63) is 12.7 Å². The van der Waals surface area contributed by atoms with Gasteiger partial charge in [0.05, 0.1) is 6.04 Å². The van der Waals surface area contributed by atoms with Crippen LogP contribution in [0.25, 0.3) is 0 Å². The fourth-order valence-electron chi connectivity index (χ4n) is 1.52. The number of imide groups is 1. The van der Waals surface area contributed by atoms with Gasteiger partial charge in [0.1, 0.15) is 0 Å². The van der Waals surface area contributed by atoms with E-state index in [0.29, 0.717) is 19.5 Å². The normalized spacial score (nSPS) is 22.1. The third-order valence-electron chi connectivity index (χ3n) is 2.37. The number of rotatable bonds is 2. The molecule has 0 bridgehead atoms. The highest BCUT2D eigenvalue weighted by Crippen LogP contribution is 2.10. The fourth-order valence-corrected chi connectivity index (χ4v) is 1.52. The van der Waals surface area contributed by atoms with Gasteiger partial charge in [-0.3, -0.25) is 9.69 Å². The second-order valence-corrected chi connectivity index (χ2v) is 3.57. The van der Waals surface area contributed by atoms with E-state index in [0.717, 1.165) is 12.8 Å². The third kappa shape index (κ3) is 3.06. The number of nitrogens with one attached hydrogen (secondary N) is 1. The number of carbonyl (C=O) groups is 2. The molecule has 1 rings (SSSR count). The van der Waals surface area contributed by atoms with Crippen molar-refractivity contribution in [3.8, 4) is 0 Å². The topological polar surface area (TPSA) is 75.4 Å². The van der Waals surface area contributed by atoms with Crippen LogP contribution in [0.1, 0.15) is 19.3 Å². The Morgan fingerprint density at radius 1 is 1.67 bits per heavy atom. The Kier molecular flexibility index (Phi) is 4.30. The zero-order valence-corrected chi connectivity index (χ0v) is 8.74. The number of urea groups is 1. The first-order valence-electron chi connectivity index (χ1n) is 5.12. The van der Waals surface area contributed by atoms with Crippen molar-refractivity contribution in [1.82, 2.24) is 10.2 Å². The Hall–Kier alpha value is -1.36. The summed E-state index contributed by atoms with van der Waals surface area (Å²) in [6, 6.07) is -0.917. The van der Waals surface area contributed by atoms with Crippen LogP contribution in [0.2, 0.25) is 0 Å². The van der Waals surface area contributed by atoms with Crippen molar-refractivity contribution < 1.29 is 9.59 Å². The molecule has 0 saturated carbocycles. The summed E-state index contributed by atoms with van der Waals surface area (Å²) in [7, 11) is 0. The zero-order chi connectivity index (χ0) is 11.3. The second kappa shape index (κ2) is 5.50. The fraction of sp³-hybridized carbons (Fsp3) is 0.600. The SMILES string of the molecule is C=CCNC(=O)N1CCCC[C@@H](N)C1=O. The summed E-state index contributed by atoms with van der Waals surface area (Å²) in [5, 5.41) is 2.57. The lowest BCUT2D eigenvalue weighted by molar-refractivity contribution is -0.129. The van der Waals surface area contributed by atoms with Crippen LogP contribution < -0.4 is 11.1 Å². The molecule has 1 aliphatic heterocycles. The van der Waals surface area contributed by atoms with Gasteiger partial charge in [-0.15, -0.1) is 6.58 Å². The van der Waals surface area contributed by atoms with Crippen LogP contribution in [0.5, 0.6) is 0 Å². The Labute approximate surface area is 89.3 Å². The summed E-state index contributed by atoms with van der Waals surface area (Å²) in [6.45, 7) is 4.30. The average molecular weight is 211 g/mol. The van der Waals surface area contributed by atoms with E-state index in [-0.39, 0.29) is 11.9 Å². The molecule has 0 unspecified atom stereocenters. The number of nitrogens with two attached hydrogens (primary N) is 1. The first-order chi connectivity index (χ1) is 7.16. The van der Waals surface area contributed by atoms with Crippen molar-refractivity contribution in [2.75, 3.05) is 13.1 Å². The first kappa shape index (κ1) is 11.7. The van der Waals surface area contributed by atoms with Gasteiger partial charge in [-0.2, -0.15) is 0 Å². The molecule has 1 aliphatic rings. The van der Waals surface area contributed by atoms with E-state index in [2.05, 4.69) is 11.9 Å². The zero-order valence-electron chi connectivity index (χ0n) is 8.74. The molecule has 5 heteroatoms. The summed E-state index contributed by atoms with van der Waals surface area (Å²) in [4.78, 5) is 24.4. The molecule has 0 spiro atoms. The molecule has 0 aliphatic carbocycles. The van der Waals surface area contributed by atoms with Gasteiger partial charge in [0.15, 0.2) is 0 Å². The molecule has 0 aromatic rings. The van der Waals surface area contributed by atoms with E-state index in [1.165, 1.54) is 4.90 Å². The predicted octanol–water partition coefficient (Wildman–Crippen LogP) is 0.222. The van der Waals surface area contributed by atoms with Crippen LogP contribution in [0.15, 0.2) is 12.7 Å². The monoisotopic (exact) mass is 211 g/mol. The van der Waals surface area contributed by atoms with Crippen molar-refractivity contribution in [3.63, 3.8) is 0 Å². The highest BCUT2D eigenvalue weighted by molar-refractivity contribution is 5.97.